The summed E-state index contributed by atoms with van der Waals surface area (Å²) < 4.78 is 57.4. The second-order valence-corrected chi connectivity index (χ2v) is 11.0. The van der Waals surface area contributed by atoms with Crippen molar-refractivity contribution in [3.8, 4) is 0 Å². The van der Waals surface area contributed by atoms with Crippen molar-refractivity contribution < 1.29 is 16.8 Å². The van der Waals surface area contributed by atoms with Crippen LogP contribution < -0.4 is 9.44 Å². The number of sulfonamides is 2. The van der Waals surface area contributed by atoms with Gasteiger partial charge >= 0.3 is 0 Å². The van der Waals surface area contributed by atoms with Gasteiger partial charge in [0.15, 0.2) is 0 Å². The highest BCUT2D eigenvalue weighted by molar-refractivity contribution is 7.93. The summed E-state index contributed by atoms with van der Waals surface area (Å²) in [5, 5.41) is 0. The fourth-order valence-corrected chi connectivity index (χ4v) is 6.31. The van der Waals surface area contributed by atoms with Crippen LogP contribution in [0.1, 0.15) is 11.1 Å². The van der Waals surface area contributed by atoms with Crippen LogP contribution in [-0.2, 0) is 32.9 Å². The SMILES string of the molecule is O=S(=O)(Nc1ccccc1)c1ccccc1CCc1ccccc1S(=O)(=O)Nc1ccccc1. The van der Waals surface area contributed by atoms with E-state index in [1.807, 2.05) is 12.1 Å². The van der Waals surface area contributed by atoms with Gasteiger partial charge in [0.1, 0.15) is 0 Å². The highest BCUT2D eigenvalue weighted by Gasteiger charge is 2.21. The van der Waals surface area contributed by atoms with Crippen LogP contribution in [0.15, 0.2) is 119 Å². The zero-order valence-electron chi connectivity index (χ0n) is 18.3. The molecular weight excluding hydrogens is 468 g/mol. The second-order valence-electron chi connectivity index (χ2n) is 7.66. The number of para-hydroxylation sites is 2. The van der Waals surface area contributed by atoms with Gasteiger partial charge in [0.2, 0.25) is 0 Å². The minimum atomic E-state index is -3.81. The largest absolute Gasteiger partial charge is 0.280 e. The van der Waals surface area contributed by atoms with Gasteiger partial charge in [-0.3, -0.25) is 9.44 Å². The quantitative estimate of drug-likeness (QED) is 0.341. The Bertz CT molecular complexity index is 1360. The molecule has 0 atom stereocenters. The zero-order chi connectivity index (χ0) is 24.0. The fourth-order valence-electron chi connectivity index (χ4n) is 3.65. The van der Waals surface area contributed by atoms with Crippen LogP contribution in [-0.4, -0.2) is 16.8 Å². The summed E-state index contributed by atoms with van der Waals surface area (Å²) in [6, 6.07) is 30.9. The van der Waals surface area contributed by atoms with Crippen LogP contribution in [0.2, 0.25) is 0 Å². The molecule has 0 heterocycles. The van der Waals surface area contributed by atoms with Gasteiger partial charge in [-0.15, -0.1) is 0 Å². The van der Waals surface area contributed by atoms with Gasteiger partial charge in [-0.2, -0.15) is 0 Å². The van der Waals surface area contributed by atoms with Gasteiger partial charge in [-0.1, -0.05) is 72.8 Å². The molecule has 0 aliphatic carbocycles. The predicted octanol–water partition coefficient (Wildman–Crippen LogP) is 5.07. The smallest absolute Gasteiger partial charge is 0.262 e. The molecule has 174 valence electrons. The first-order valence-electron chi connectivity index (χ1n) is 10.7. The van der Waals surface area contributed by atoms with E-state index in [0.717, 1.165) is 0 Å². The summed E-state index contributed by atoms with van der Waals surface area (Å²) in [6.07, 6.45) is 0.702. The maximum absolute atomic E-state index is 13.0. The van der Waals surface area contributed by atoms with E-state index in [-0.39, 0.29) is 9.79 Å². The number of nitrogens with one attached hydrogen (secondary N) is 2. The van der Waals surface area contributed by atoms with E-state index in [0.29, 0.717) is 35.3 Å². The van der Waals surface area contributed by atoms with Crippen molar-refractivity contribution in [1.82, 2.24) is 0 Å². The lowest BCUT2D eigenvalue weighted by molar-refractivity contribution is 0.597. The van der Waals surface area contributed by atoms with Gasteiger partial charge in [-0.05, 0) is 60.4 Å². The lowest BCUT2D eigenvalue weighted by atomic mass is 10.0. The first-order chi connectivity index (χ1) is 16.4. The lowest BCUT2D eigenvalue weighted by Gasteiger charge is -2.14. The van der Waals surface area contributed by atoms with E-state index in [1.54, 1.807) is 97.1 Å². The predicted molar refractivity (Wildman–Crippen MR) is 135 cm³/mol. The van der Waals surface area contributed by atoms with Crippen LogP contribution in [0, 0.1) is 0 Å². The van der Waals surface area contributed by atoms with Crippen molar-refractivity contribution in [2.24, 2.45) is 0 Å². The molecular formula is C26H24N2O4S2. The van der Waals surface area contributed by atoms with Crippen molar-refractivity contribution in [3.05, 3.63) is 120 Å². The topological polar surface area (TPSA) is 92.3 Å². The molecule has 4 aromatic carbocycles. The molecule has 0 fully saturated rings. The maximum atomic E-state index is 13.0. The summed E-state index contributed by atoms with van der Waals surface area (Å²) in [5.74, 6) is 0. The molecule has 0 spiro atoms. The first-order valence-corrected chi connectivity index (χ1v) is 13.6. The Labute approximate surface area is 200 Å². The van der Waals surface area contributed by atoms with E-state index in [1.165, 1.54) is 0 Å². The molecule has 0 radical (unpaired) electrons. The van der Waals surface area contributed by atoms with Crippen LogP contribution in [0.3, 0.4) is 0 Å². The maximum Gasteiger partial charge on any atom is 0.262 e. The zero-order valence-corrected chi connectivity index (χ0v) is 19.9. The molecule has 4 aromatic rings. The molecule has 6 nitrogen and oxygen atoms in total. The van der Waals surface area contributed by atoms with E-state index >= 15 is 0 Å². The van der Waals surface area contributed by atoms with Crippen molar-refractivity contribution in [2.45, 2.75) is 22.6 Å². The Kier molecular flexibility index (Phi) is 7.00. The van der Waals surface area contributed by atoms with Gasteiger partial charge in [0.05, 0.1) is 9.79 Å². The van der Waals surface area contributed by atoms with E-state index in [2.05, 4.69) is 9.44 Å². The molecule has 0 aromatic heterocycles. The Morgan fingerprint density at radius 3 is 1.15 bits per heavy atom. The van der Waals surface area contributed by atoms with Crippen LogP contribution in [0.25, 0.3) is 0 Å². The van der Waals surface area contributed by atoms with Crippen LogP contribution >= 0.6 is 0 Å². The summed E-state index contributed by atoms with van der Waals surface area (Å²) in [6.45, 7) is 0. The molecule has 0 unspecified atom stereocenters. The Hall–Kier alpha value is -3.62. The fraction of sp³-hybridized carbons (Fsp3) is 0.0769. The molecule has 0 aliphatic rings. The van der Waals surface area contributed by atoms with Crippen molar-refractivity contribution in [2.75, 3.05) is 9.44 Å². The standard InChI is InChI=1S/C26H24N2O4S2/c29-33(30,27-23-13-3-1-4-14-23)25-17-9-7-11-21(25)19-20-22-12-8-10-18-26(22)34(31,32)28-24-15-5-2-6-16-24/h1-18,27-28H,19-20H2. The Morgan fingerprint density at radius 2 is 0.765 bits per heavy atom. The third-order valence-electron chi connectivity index (χ3n) is 5.24. The van der Waals surface area contributed by atoms with E-state index in [9.17, 15) is 16.8 Å². The summed E-state index contributed by atoms with van der Waals surface area (Å²) in [4.78, 5) is 0.336. The molecule has 0 amide bonds. The van der Waals surface area contributed by atoms with E-state index < -0.39 is 20.0 Å². The number of aryl methyl sites for hydroxylation is 2. The number of anilines is 2. The second kappa shape index (κ2) is 10.1. The molecule has 0 aliphatic heterocycles. The monoisotopic (exact) mass is 492 g/mol. The summed E-state index contributed by atoms with van der Waals surface area (Å²) in [5.41, 5.74) is 2.16. The minimum absolute atomic E-state index is 0.168. The molecule has 4 rings (SSSR count). The first kappa shape index (κ1) is 23.5. The molecule has 0 bridgehead atoms. The summed E-state index contributed by atoms with van der Waals surface area (Å²) in [7, 11) is -7.62. The molecule has 34 heavy (non-hydrogen) atoms. The van der Waals surface area contributed by atoms with Crippen LogP contribution in [0.4, 0.5) is 11.4 Å². The van der Waals surface area contributed by atoms with Gasteiger partial charge in [-0.25, -0.2) is 16.8 Å². The van der Waals surface area contributed by atoms with Gasteiger partial charge in [0.25, 0.3) is 20.0 Å². The van der Waals surface area contributed by atoms with E-state index in [4.69, 9.17) is 0 Å². The average molecular weight is 493 g/mol. The molecule has 2 N–H and O–H groups in total. The Balaban J connectivity index is 1.58. The minimum Gasteiger partial charge on any atom is -0.280 e. The Morgan fingerprint density at radius 1 is 0.441 bits per heavy atom. The highest BCUT2D eigenvalue weighted by atomic mass is 32.2. The third-order valence-corrected chi connectivity index (χ3v) is 8.20. The van der Waals surface area contributed by atoms with Crippen molar-refractivity contribution in [3.63, 3.8) is 0 Å². The molecule has 0 saturated carbocycles. The average Bonchev–Trinajstić information content (AvgIpc) is 2.84. The number of hydrogen-bond acceptors (Lipinski definition) is 4. The van der Waals surface area contributed by atoms with Crippen molar-refractivity contribution in [1.29, 1.82) is 0 Å². The highest BCUT2D eigenvalue weighted by Crippen LogP contribution is 2.24. The summed E-state index contributed by atoms with van der Waals surface area (Å²) >= 11 is 0. The molecule has 8 heteroatoms. The lowest BCUT2D eigenvalue weighted by Crippen LogP contribution is -2.16. The number of benzene rings is 4. The van der Waals surface area contributed by atoms with Gasteiger partial charge in [0, 0.05) is 11.4 Å². The number of rotatable bonds is 9. The molecule has 0 saturated heterocycles. The van der Waals surface area contributed by atoms with Crippen LogP contribution in [0.5, 0.6) is 0 Å². The normalized spacial score (nSPS) is 11.6. The third kappa shape index (κ3) is 5.65. The van der Waals surface area contributed by atoms with Crippen molar-refractivity contribution >= 4 is 31.4 Å². The van der Waals surface area contributed by atoms with Gasteiger partial charge < -0.3 is 0 Å². The number of hydrogen-bond donors (Lipinski definition) is 2.